The van der Waals surface area contributed by atoms with Crippen molar-refractivity contribution < 1.29 is 0 Å². The van der Waals surface area contributed by atoms with Crippen molar-refractivity contribution in [3.05, 3.63) is 77.3 Å². The Morgan fingerprint density at radius 3 is 1.92 bits per heavy atom. The van der Waals surface area contributed by atoms with Crippen LogP contribution in [-0.2, 0) is 0 Å². The quantitative estimate of drug-likeness (QED) is 0.460. The zero-order valence-corrected chi connectivity index (χ0v) is 14.5. The van der Waals surface area contributed by atoms with Crippen molar-refractivity contribution in [2.45, 2.75) is 0 Å². The minimum Gasteiger partial charge on any atom is -0.405 e. The molecule has 0 aromatic heterocycles. The third-order valence-electron chi connectivity index (χ3n) is 4.68. The topological polar surface area (TPSA) is 24.1 Å². The smallest absolute Gasteiger partial charge is 0.405 e. The molecule has 0 bridgehead atoms. The van der Waals surface area contributed by atoms with E-state index in [1.807, 2.05) is 0 Å². The van der Waals surface area contributed by atoms with Gasteiger partial charge in [-0.2, -0.15) is 0 Å². The SMILES string of the molecule is Brc1cc2ccccc2cc1B1Nc2cccc3cccc(c23)N1. The predicted octanol–water partition coefficient (Wildman–Crippen LogP) is 4.99. The van der Waals surface area contributed by atoms with Gasteiger partial charge in [-0.15, -0.1) is 0 Å². The number of hydrogen-bond donors (Lipinski definition) is 2. The number of fused-ring (bicyclic) bond motifs is 1. The Morgan fingerprint density at radius 2 is 1.25 bits per heavy atom. The van der Waals surface area contributed by atoms with Crippen LogP contribution in [0.5, 0.6) is 0 Å². The molecule has 4 aromatic rings. The molecule has 0 aliphatic carbocycles. The van der Waals surface area contributed by atoms with E-state index in [-0.39, 0.29) is 6.98 Å². The number of nitrogens with one attached hydrogen (secondary N) is 2. The minimum absolute atomic E-state index is 0.0319. The molecule has 0 fully saturated rings. The lowest BCUT2D eigenvalue weighted by molar-refractivity contribution is 1.60. The number of benzene rings is 4. The van der Waals surface area contributed by atoms with Gasteiger partial charge >= 0.3 is 6.98 Å². The summed E-state index contributed by atoms with van der Waals surface area (Å²) in [6.45, 7) is 0.0319. The highest BCUT2D eigenvalue weighted by Crippen LogP contribution is 2.34. The van der Waals surface area contributed by atoms with Gasteiger partial charge in [0.15, 0.2) is 0 Å². The predicted molar refractivity (Wildman–Crippen MR) is 108 cm³/mol. The van der Waals surface area contributed by atoms with E-state index >= 15 is 0 Å². The third kappa shape index (κ3) is 2.10. The maximum absolute atomic E-state index is 3.75. The van der Waals surface area contributed by atoms with E-state index in [4.69, 9.17) is 0 Å². The number of anilines is 2. The van der Waals surface area contributed by atoms with Crippen molar-refractivity contribution in [1.29, 1.82) is 0 Å². The van der Waals surface area contributed by atoms with E-state index in [0.29, 0.717) is 0 Å². The highest BCUT2D eigenvalue weighted by molar-refractivity contribution is 9.10. The molecule has 1 aliphatic heterocycles. The van der Waals surface area contributed by atoms with Crippen LogP contribution in [0.3, 0.4) is 0 Å². The Morgan fingerprint density at radius 1 is 0.667 bits per heavy atom. The van der Waals surface area contributed by atoms with Crippen LogP contribution < -0.4 is 15.9 Å². The average Bonchev–Trinajstić information content (AvgIpc) is 2.61. The van der Waals surface area contributed by atoms with E-state index < -0.39 is 0 Å². The molecule has 0 amide bonds. The zero-order valence-electron chi connectivity index (χ0n) is 12.9. The summed E-state index contributed by atoms with van der Waals surface area (Å²) in [6, 6.07) is 25.7. The Bertz CT molecular complexity index is 1050. The third-order valence-corrected chi connectivity index (χ3v) is 5.37. The first-order valence-electron chi connectivity index (χ1n) is 8.03. The molecule has 1 heterocycles. The molecule has 0 unspecified atom stereocenters. The van der Waals surface area contributed by atoms with Gasteiger partial charge in [-0.1, -0.05) is 70.5 Å². The second-order valence-corrected chi connectivity index (χ2v) is 7.01. The molecule has 114 valence electrons. The van der Waals surface area contributed by atoms with E-state index in [1.54, 1.807) is 0 Å². The number of hydrogen-bond acceptors (Lipinski definition) is 2. The summed E-state index contributed by atoms with van der Waals surface area (Å²) >= 11 is 3.75. The van der Waals surface area contributed by atoms with Gasteiger partial charge < -0.3 is 10.5 Å². The molecule has 5 rings (SSSR count). The average molecular weight is 373 g/mol. The van der Waals surface area contributed by atoms with Crippen molar-refractivity contribution in [1.82, 2.24) is 0 Å². The Balaban J connectivity index is 1.66. The first-order chi connectivity index (χ1) is 11.8. The summed E-state index contributed by atoms with van der Waals surface area (Å²) in [5.74, 6) is 0. The van der Waals surface area contributed by atoms with Crippen LogP contribution in [0.4, 0.5) is 11.4 Å². The van der Waals surface area contributed by atoms with E-state index in [1.165, 1.54) is 38.4 Å². The van der Waals surface area contributed by atoms with E-state index in [0.717, 1.165) is 4.47 Å². The van der Waals surface area contributed by atoms with Crippen LogP contribution in [0.15, 0.2) is 77.3 Å². The van der Waals surface area contributed by atoms with E-state index in [2.05, 4.69) is 99.2 Å². The molecule has 4 aromatic carbocycles. The van der Waals surface area contributed by atoms with Gasteiger partial charge in [0.25, 0.3) is 0 Å². The van der Waals surface area contributed by atoms with Crippen molar-refractivity contribution in [3.63, 3.8) is 0 Å². The molecule has 0 spiro atoms. The molecule has 0 atom stereocenters. The molecular weight excluding hydrogens is 359 g/mol. The molecule has 0 saturated heterocycles. The summed E-state index contributed by atoms with van der Waals surface area (Å²) in [4.78, 5) is 0. The largest absolute Gasteiger partial charge is 0.407 e. The summed E-state index contributed by atoms with van der Waals surface area (Å²) in [7, 11) is 0. The normalized spacial score (nSPS) is 13.0. The van der Waals surface area contributed by atoms with Gasteiger partial charge in [0, 0.05) is 21.2 Å². The maximum atomic E-state index is 3.75. The highest BCUT2D eigenvalue weighted by Gasteiger charge is 2.27. The molecule has 0 saturated carbocycles. The van der Waals surface area contributed by atoms with Crippen LogP contribution in [0.25, 0.3) is 21.5 Å². The lowest BCUT2D eigenvalue weighted by atomic mass is 9.65. The Kier molecular flexibility index (Phi) is 3.07. The molecule has 0 radical (unpaired) electrons. The van der Waals surface area contributed by atoms with Crippen LogP contribution in [0, 0.1) is 0 Å². The molecular formula is C20H14BBrN2. The molecule has 1 aliphatic rings. The minimum atomic E-state index is 0.0319. The van der Waals surface area contributed by atoms with Gasteiger partial charge in [0.05, 0.1) is 0 Å². The van der Waals surface area contributed by atoms with Crippen molar-refractivity contribution in [3.8, 4) is 0 Å². The Labute approximate surface area is 149 Å². The zero-order chi connectivity index (χ0) is 16.1. The maximum Gasteiger partial charge on any atom is 0.407 e. The fourth-order valence-electron chi connectivity index (χ4n) is 3.54. The van der Waals surface area contributed by atoms with Gasteiger partial charge in [0.2, 0.25) is 0 Å². The highest BCUT2D eigenvalue weighted by atomic mass is 79.9. The van der Waals surface area contributed by atoms with Gasteiger partial charge in [-0.25, -0.2) is 0 Å². The lowest BCUT2D eigenvalue weighted by Crippen LogP contribution is -2.48. The van der Waals surface area contributed by atoms with Gasteiger partial charge in [-0.05, 0) is 39.8 Å². The number of halogens is 1. The summed E-state index contributed by atoms with van der Waals surface area (Å²) < 4.78 is 1.11. The molecule has 2 nitrogen and oxygen atoms in total. The molecule has 2 N–H and O–H groups in total. The van der Waals surface area contributed by atoms with Crippen molar-refractivity contribution >= 4 is 61.3 Å². The van der Waals surface area contributed by atoms with E-state index in [9.17, 15) is 0 Å². The first-order valence-corrected chi connectivity index (χ1v) is 8.82. The second-order valence-electron chi connectivity index (χ2n) is 6.15. The summed E-state index contributed by atoms with van der Waals surface area (Å²) in [6.07, 6.45) is 0. The van der Waals surface area contributed by atoms with Crippen molar-refractivity contribution in [2.24, 2.45) is 0 Å². The van der Waals surface area contributed by atoms with Crippen LogP contribution >= 0.6 is 15.9 Å². The molecule has 24 heavy (non-hydrogen) atoms. The van der Waals surface area contributed by atoms with Gasteiger partial charge in [-0.3, -0.25) is 0 Å². The second kappa shape index (κ2) is 5.28. The first kappa shape index (κ1) is 13.9. The van der Waals surface area contributed by atoms with Crippen molar-refractivity contribution in [2.75, 3.05) is 10.5 Å². The standard InChI is InChI=1S/C20H14BBrN2/c22-17-12-15-6-2-1-5-14(15)11-16(17)21-23-18-9-3-7-13-8-4-10-19(24-21)20(13)18/h1-12,23-24H. The number of rotatable bonds is 1. The van der Waals surface area contributed by atoms with Crippen LogP contribution in [0.1, 0.15) is 0 Å². The fourth-order valence-corrected chi connectivity index (χ4v) is 4.13. The monoisotopic (exact) mass is 372 g/mol. The van der Waals surface area contributed by atoms with Gasteiger partial charge in [0.1, 0.15) is 0 Å². The van der Waals surface area contributed by atoms with Crippen LogP contribution in [0.2, 0.25) is 0 Å². The Hall–Kier alpha value is -2.46. The summed E-state index contributed by atoms with van der Waals surface area (Å²) in [5, 5.41) is 12.3. The summed E-state index contributed by atoms with van der Waals surface area (Å²) in [5.41, 5.74) is 3.55. The molecule has 4 heteroatoms. The lowest BCUT2D eigenvalue weighted by Gasteiger charge is -2.27. The fraction of sp³-hybridized carbons (Fsp3) is 0. The van der Waals surface area contributed by atoms with Crippen LogP contribution in [-0.4, -0.2) is 6.98 Å².